The van der Waals surface area contributed by atoms with Crippen molar-refractivity contribution in [2.75, 3.05) is 6.61 Å². The van der Waals surface area contributed by atoms with Gasteiger partial charge in [0.2, 0.25) is 0 Å². The van der Waals surface area contributed by atoms with Crippen LogP contribution in [-0.4, -0.2) is 30.6 Å². The highest BCUT2D eigenvalue weighted by molar-refractivity contribution is 6.04. The number of nitrogens with two attached hydrogens (primary N) is 1. The summed E-state index contributed by atoms with van der Waals surface area (Å²) in [5.41, 5.74) is 4.69. The summed E-state index contributed by atoms with van der Waals surface area (Å²) in [6.07, 6.45) is -0.840. The lowest BCUT2D eigenvalue weighted by Gasteiger charge is -2.30. The number of cyclic esters (lactones) is 1. The van der Waals surface area contributed by atoms with Gasteiger partial charge in [0.05, 0.1) is 6.61 Å². The Kier molecular flexibility index (Phi) is 4.80. The van der Waals surface area contributed by atoms with Crippen LogP contribution in [-0.2, 0) is 25.5 Å². The molecule has 1 aromatic carbocycles. The zero-order valence-corrected chi connectivity index (χ0v) is 12.4. The SMILES string of the molecule is CC(=O)[C@@]1([C@H](CCc2ccccc2)OC(N)=O)CCOC1=O. The number of aryl methyl sites for hydroxylation is 1. The molecule has 1 aliphatic heterocycles. The minimum absolute atomic E-state index is 0.141. The van der Waals surface area contributed by atoms with Crippen LogP contribution in [0.5, 0.6) is 0 Å². The number of primary amides is 1. The smallest absolute Gasteiger partial charge is 0.404 e. The van der Waals surface area contributed by atoms with Crippen molar-refractivity contribution in [2.24, 2.45) is 11.1 Å². The molecule has 1 aromatic rings. The van der Waals surface area contributed by atoms with Gasteiger partial charge in [0.1, 0.15) is 6.10 Å². The number of esters is 1. The van der Waals surface area contributed by atoms with Gasteiger partial charge >= 0.3 is 12.1 Å². The molecule has 118 valence electrons. The van der Waals surface area contributed by atoms with Crippen molar-refractivity contribution >= 4 is 17.8 Å². The molecule has 0 aliphatic carbocycles. The number of carbonyl (C=O) groups is 3. The van der Waals surface area contributed by atoms with E-state index < -0.39 is 23.6 Å². The first-order valence-electron chi connectivity index (χ1n) is 7.15. The number of benzene rings is 1. The molecule has 1 fully saturated rings. The molecular weight excluding hydrogens is 286 g/mol. The van der Waals surface area contributed by atoms with Crippen molar-refractivity contribution < 1.29 is 23.9 Å². The molecule has 0 aromatic heterocycles. The van der Waals surface area contributed by atoms with Crippen LogP contribution in [0.1, 0.15) is 25.3 Å². The summed E-state index contributed by atoms with van der Waals surface area (Å²) in [7, 11) is 0. The summed E-state index contributed by atoms with van der Waals surface area (Å²) in [5, 5.41) is 0. The fourth-order valence-electron chi connectivity index (χ4n) is 2.86. The van der Waals surface area contributed by atoms with Crippen LogP contribution < -0.4 is 5.73 Å². The second-order valence-corrected chi connectivity index (χ2v) is 5.36. The first-order valence-corrected chi connectivity index (χ1v) is 7.15. The quantitative estimate of drug-likeness (QED) is 0.636. The molecule has 6 heteroatoms. The predicted molar refractivity (Wildman–Crippen MR) is 77.9 cm³/mol. The van der Waals surface area contributed by atoms with Gasteiger partial charge in [-0.3, -0.25) is 9.59 Å². The van der Waals surface area contributed by atoms with Gasteiger partial charge in [0.25, 0.3) is 0 Å². The number of Topliss-reactive ketones (excluding diaryl/α,β-unsaturated/α-hetero) is 1. The van der Waals surface area contributed by atoms with Crippen LogP contribution >= 0.6 is 0 Å². The van der Waals surface area contributed by atoms with Gasteiger partial charge < -0.3 is 15.2 Å². The predicted octanol–water partition coefficient (Wildman–Crippen LogP) is 1.61. The summed E-state index contributed by atoms with van der Waals surface area (Å²) in [5.74, 6) is -1.01. The molecule has 2 rings (SSSR count). The van der Waals surface area contributed by atoms with Crippen molar-refractivity contribution in [3.8, 4) is 0 Å². The number of hydrogen-bond donors (Lipinski definition) is 1. The number of amides is 1. The van der Waals surface area contributed by atoms with E-state index >= 15 is 0 Å². The fraction of sp³-hybridized carbons (Fsp3) is 0.438. The van der Waals surface area contributed by atoms with E-state index in [4.69, 9.17) is 15.2 Å². The minimum atomic E-state index is -1.44. The molecule has 2 atom stereocenters. The monoisotopic (exact) mass is 305 g/mol. The van der Waals surface area contributed by atoms with Crippen LogP contribution in [0.3, 0.4) is 0 Å². The first-order chi connectivity index (χ1) is 10.5. The highest BCUT2D eigenvalue weighted by Gasteiger charge is 2.56. The standard InChI is InChI=1S/C16H19NO5/c1-11(18)16(9-10-21-14(16)19)13(22-15(17)20)8-7-12-5-3-2-4-6-12/h2-6,13H,7-10H2,1H3,(H2,17,20)/t13-,16+/m0/s1. The van der Waals surface area contributed by atoms with Gasteiger partial charge in [-0.15, -0.1) is 0 Å². The van der Waals surface area contributed by atoms with Crippen LogP contribution in [0.2, 0.25) is 0 Å². The van der Waals surface area contributed by atoms with Crippen molar-refractivity contribution in [2.45, 2.75) is 32.3 Å². The molecule has 2 N–H and O–H groups in total. The second kappa shape index (κ2) is 6.60. The highest BCUT2D eigenvalue weighted by atomic mass is 16.6. The van der Waals surface area contributed by atoms with Gasteiger partial charge in [-0.25, -0.2) is 4.79 Å². The average molecular weight is 305 g/mol. The van der Waals surface area contributed by atoms with E-state index in [1.165, 1.54) is 6.92 Å². The van der Waals surface area contributed by atoms with E-state index in [1.54, 1.807) is 0 Å². The Hall–Kier alpha value is -2.37. The Morgan fingerprint density at radius 2 is 2.05 bits per heavy atom. The largest absolute Gasteiger partial charge is 0.465 e. The zero-order valence-electron chi connectivity index (χ0n) is 12.4. The molecule has 1 heterocycles. The fourth-order valence-corrected chi connectivity index (χ4v) is 2.86. The topological polar surface area (TPSA) is 95.7 Å². The molecule has 1 saturated heterocycles. The van der Waals surface area contributed by atoms with E-state index in [2.05, 4.69) is 0 Å². The molecule has 0 saturated carbocycles. The Labute approximate surface area is 128 Å². The van der Waals surface area contributed by atoms with Crippen LogP contribution in [0, 0.1) is 5.41 Å². The van der Waals surface area contributed by atoms with Gasteiger partial charge in [0.15, 0.2) is 11.2 Å². The zero-order chi connectivity index (χ0) is 16.2. The number of ether oxygens (including phenoxy) is 2. The number of hydrogen-bond acceptors (Lipinski definition) is 5. The number of carbonyl (C=O) groups excluding carboxylic acids is 3. The van der Waals surface area contributed by atoms with E-state index in [9.17, 15) is 14.4 Å². The average Bonchev–Trinajstić information content (AvgIpc) is 2.87. The maximum atomic E-state index is 12.1. The molecule has 6 nitrogen and oxygen atoms in total. The number of rotatable bonds is 6. The Balaban J connectivity index is 2.22. The minimum Gasteiger partial charge on any atom is -0.465 e. The van der Waals surface area contributed by atoms with Gasteiger partial charge in [0, 0.05) is 6.42 Å². The molecule has 1 amide bonds. The Bertz CT molecular complexity index is 571. The summed E-state index contributed by atoms with van der Waals surface area (Å²) < 4.78 is 10.1. The summed E-state index contributed by atoms with van der Waals surface area (Å²) in [4.78, 5) is 35.4. The highest BCUT2D eigenvalue weighted by Crippen LogP contribution is 2.38. The Morgan fingerprint density at radius 1 is 1.36 bits per heavy atom. The van der Waals surface area contributed by atoms with Crippen molar-refractivity contribution in [3.05, 3.63) is 35.9 Å². The lowest BCUT2D eigenvalue weighted by molar-refractivity contribution is -0.157. The second-order valence-electron chi connectivity index (χ2n) is 5.36. The van der Waals surface area contributed by atoms with E-state index in [0.29, 0.717) is 12.8 Å². The van der Waals surface area contributed by atoms with Crippen molar-refractivity contribution in [1.82, 2.24) is 0 Å². The molecule has 0 unspecified atom stereocenters. The molecular formula is C16H19NO5. The maximum Gasteiger partial charge on any atom is 0.404 e. The third kappa shape index (κ3) is 3.10. The van der Waals surface area contributed by atoms with Crippen LogP contribution in [0.15, 0.2) is 30.3 Å². The molecule has 0 radical (unpaired) electrons. The van der Waals surface area contributed by atoms with Crippen LogP contribution in [0.25, 0.3) is 0 Å². The Morgan fingerprint density at radius 3 is 2.55 bits per heavy atom. The summed E-state index contributed by atoms with van der Waals surface area (Å²) in [6, 6.07) is 9.53. The lowest BCUT2D eigenvalue weighted by Crippen LogP contribution is -2.48. The molecule has 0 bridgehead atoms. The van der Waals surface area contributed by atoms with Gasteiger partial charge in [-0.2, -0.15) is 0 Å². The molecule has 1 aliphatic rings. The van der Waals surface area contributed by atoms with Crippen molar-refractivity contribution in [3.63, 3.8) is 0 Å². The van der Waals surface area contributed by atoms with Crippen molar-refractivity contribution in [1.29, 1.82) is 0 Å². The summed E-state index contributed by atoms with van der Waals surface area (Å²) >= 11 is 0. The third-order valence-corrected chi connectivity index (χ3v) is 4.07. The number of ketones is 1. The van der Waals surface area contributed by atoms with Gasteiger partial charge in [-0.1, -0.05) is 30.3 Å². The molecule has 22 heavy (non-hydrogen) atoms. The molecule has 0 spiro atoms. The lowest BCUT2D eigenvalue weighted by atomic mass is 9.75. The van der Waals surface area contributed by atoms with E-state index in [1.807, 2.05) is 30.3 Å². The van der Waals surface area contributed by atoms with E-state index in [-0.39, 0.29) is 18.8 Å². The maximum absolute atomic E-state index is 12.1. The first kappa shape index (κ1) is 16.0. The van der Waals surface area contributed by atoms with Crippen LogP contribution in [0.4, 0.5) is 4.79 Å². The van der Waals surface area contributed by atoms with Gasteiger partial charge in [-0.05, 0) is 25.3 Å². The normalized spacial score (nSPS) is 22.0. The third-order valence-electron chi connectivity index (χ3n) is 4.07. The summed E-state index contributed by atoms with van der Waals surface area (Å²) in [6.45, 7) is 1.45. The van der Waals surface area contributed by atoms with E-state index in [0.717, 1.165) is 5.56 Å².